The smallest absolute Gasteiger partial charge is 0.487 e. The number of H-pyrrole nitrogens is 2. The van der Waals surface area contributed by atoms with Gasteiger partial charge in [-0.05, 0) is 0 Å². The Balaban J connectivity index is 0.818. The number of phosphoric acid groups is 4. The first-order valence-electron chi connectivity index (χ1n) is 22.7. The monoisotopic (exact) mass is 1200 g/mol. The standard InChI is InChI=1S/C35H47N15O25P4/c1-47-12-50(27-17(47)29(55)46-34(38)44-27)31-20(53)21(65-4-3-64-2)14(71-31)6-68-77(58,59)74-79(62,63)75-78(60,61)69-8-35-7-66-22(32(72-35)48-10-41-15-24(36)39-9-40-25(15)48)23(35)73-76(56,57)67-5-13-18(51)19(52)30(70-13)49-11-42-16-26(49)43-33(37)45-28(16)54/h9-14,18-23,30-32,51-53H,3-8H2,1-2H3,(H11-,36,37,38,39,40,43,44,45,46,54,55,56,57,58,59,60,61,62,63)/t13-,14-,18+,19?,20?,21+,22?,23-,30-,31-,32-,35-/m1/s1. The quantitative estimate of drug-likeness (QED) is 0.0172. The topological polar surface area (TPSA) is 563 Å². The molecular weight excluding hydrogens is 1150 g/mol. The fourth-order valence-electron chi connectivity index (χ4n) is 9.19. The molecule has 4 fully saturated rings. The highest BCUT2D eigenvalue weighted by Crippen LogP contribution is 2.67. The summed E-state index contributed by atoms with van der Waals surface area (Å²) < 4.78 is 122. The molecule has 0 amide bonds. The van der Waals surface area contributed by atoms with Gasteiger partial charge in [0.1, 0.15) is 66.3 Å². The summed E-state index contributed by atoms with van der Waals surface area (Å²) in [6.45, 7) is -4.25. The van der Waals surface area contributed by atoms with Crippen molar-refractivity contribution in [1.29, 1.82) is 0 Å². The summed E-state index contributed by atoms with van der Waals surface area (Å²) in [6.07, 6.45) is -12.9. The third-order valence-corrected chi connectivity index (χ3v) is 17.8. The van der Waals surface area contributed by atoms with E-state index in [1.54, 1.807) is 0 Å². The maximum atomic E-state index is 13.8. The number of nitrogens with zero attached hydrogens (tertiary/aromatic N) is 10. The van der Waals surface area contributed by atoms with E-state index in [-0.39, 0.29) is 64.4 Å². The third kappa shape index (κ3) is 11.2. The fraction of sp³-hybridized carbons (Fsp3) is 0.571. The molecule has 0 aromatic carbocycles. The number of hydrogen-bond acceptors (Lipinski definition) is 31. The van der Waals surface area contributed by atoms with Gasteiger partial charge in [0.2, 0.25) is 17.7 Å². The van der Waals surface area contributed by atoms with Crippen molar-refractivity contribution in [3.05, 3.63) is 46.0 Å². The Morgan fingerprint density at radius 1 is 0.810 bits per heavy atom. The van der Waals surface area contributed by atoms with Crippen LogP contribution in [0.2, 0.25) is 0 Å². The number of nitrogens with one attached hydrogen (secondary N) is 2. The van der Waals surface area contributed by atoms with Gasteiger partial charge in [-0.25, -0.2) is 42.5 Å². The minimum Gasteiger partial charge on any atom is -0.756 e. The third-order valence-electron chi connectivity index (χ3n) is 12.6. The first-order chi connectivity index (χ1) is 37.2. The molecular formula is C35H47N15O25P4. The van der Waals surface area contributed by atoms with E-state index in [9.17, 15) is 62.7 Å². The van der Waals surface area contributed by atoms with Crippen LogP contribution in [0.3, 0.4) is 0 Å². The number of nitrogen functional groups attached to an aromatic ring is 3. The van der Waals surface area contributed by atoms with Crippen molar-refractivity contribution in [2.75, 3.05) is 64.0 Å². The zero-order chi connectivity index (χ0) is 56.7. The maximum absolute atomic E-state index is 13.8. The first kappa shape index (κ1) is 57.1. The lowest BCUT2D eigenvalue weighted by molar-refractivity contribution is -0.745. The number of hydrogen-bond donors (Lipinski definition) is 11. The van der Waals surface area contributed by atoms with Crippen LogP contribution in [0.4, 0.5) is 17.7 Å². The number of aromatic nitrogens is 12. The van der Waals surface area contributed by atoms with Gasteiger partial charge in [-0.15, -0.1) is 0 Å². The second kappa shape index (κ2) is 21.3. The number of anilines is 3. The molecule has 0 spiro atoms. The highest BCUT2D eigenvalue weighted by atomic mass is 31.3. The number of phosphoric ester groups is 3. The van der Waals surface area contributed by atoms with E-state index in [1.807, 2.05) is 0 Å². The van der Waals surface area contributed by atoms with Crippen LogP contribution >= 0.6 is 31.3 Å². The lowest BCUT2D eigenvalue weighted by atomic mass is 10.0. The van der Waals surface area contributed by atoms with Crippen molar-refractivity contribution < 1.29 is 113 Å². The van der Waals surface area contributed by atoms with Gasteiger partial charge in [0, 0.05) is 7.11 Å². The van der Waals surface area contributed by atoms with Gasteiger partial charge in [-0.1, -0.05) is 4.98 Å². The van der Waals surface area contributed by atoms with Gasteiger partial charge in [-0.2, -0.15) is 9.29 Å². The largest absolute Gasteiger partial charge is 0.756 e. The summed E-state index contributed by atoms with van der Waals surface area (Å²) in [6, 6.07) is 0. The molecule has 10 rings (SSSR count). The molecule has 10 heterocycles. The number of fused-ring (bicyclic) bond motifs is 5. The van der Waals surface area contributed by atoms with E-state index in [1.165, 1.54) is 34.2 Å². The molecule has 79 heavy (non-hydrogen) atoms. The Morgan fingerprint density at radius 2 is 1.51 bits per heavy atom. The van der Waals surface area contributed by atoms with Crippen LogP contribution in [0.5, 0.6) is 0 Å². The molecule has 4 saturated heterocycles. The average Bonchev–Trinajstić information content (AvgIpc) is 4.24. The van der Waals surface area contributed by atoms with Gasteiger partial charge >= 0.3 is 29.1 Å². The van der Waals surface area contributed by atoms with Gasteiger partial charge in [-0.3, -0.25) is 51.4 Å². The summed E-state index contributed by atoms with van der Waals surface area (Å²) in [5.41, 5.74) is 13.4. The number of ether oxygens (including phenoxy) is 6. The molecule has 0 aliphatic carbocycles. The molecule has 6 aromatic rings. The number of nitrogens with two attached hydrogens (primary N) is 3. The van der Waals surface area contributed by atoms with Crippen LogP contribution < -0.4 is 37.8 Å². The second-order valence-electron chi connectivity index (χ2n) is 17.8. The zero-order valence-corrected chi connectivity index (χ0v) is 43.9. The van der Waals surface area contributed by atoms with Crippen molar-refractivity contribution in [2.24, 2.45) is 7.05 Å². The van der Waals surface area contributed by atoms with Crippen LogP contribution in [0.25, 0.3) is 33.5 Å². The van der Waals surface area contributed by atoms with Gasteiger partial charge in [0.25, 0.3) is 24.9 Å². The van der Waals surface area contributed by atoms with E-state index in [0.717, 1.165) is 23.5 Å². The molecule has 4 aliphatic rings. The maximum Gasteiger partial charge on any atom is 0.487 e. The number of aromatic amines is 2. The average molecular weight is 1200 g/mol. The number of aliphatic hydroxyl groups excluding tert-OH is 3. The van der Waals surface area contributed by atoms with Crippen molar-refractivity contribution >= 4 is 82.5 Å². The molecule has 16 atom stereocenters. The molecule has 6 aromatic heterocycles. The Kier molecular flexibility index (Phi) is 15.4. The van der Waals surface area contributed by atoms with Crippen LogP contribution in [0.15, 0.2) is 34.9 Å². The molecule has 0 saturated carbocycles. The number of rotatable bonds is 22. The number of methoxy groups -OCH3 is 1. The van der Waals surface area contributed by atoms with E-state index in [0.29, 0.717) is 0 Å². The van der Waals surface area contributed by atoms with E-state index >= 15 is 0 Å². The van der Waals surface area contributed by atoms with Crippen LogP contribution in [-0.4, -0.2) is 185 Å². The Hall–Kier alpha value is -5.19. The molecule has 432 valence electrons. The molecule has 40 nitrogen and oxygen atoms in total. The highest BCUT2D eigenvalue weighted by Gasteiger charge is 2.66. The Morgan fingerprint density at radius 3 is 2.25 bits per heavy atom. The Labute approximate surface area is 438 Å². The zero-order valence-electron chi connectivity index (χ0n) is 40.3. The minimum absolute atomic E-state index is 0.00161. The van der Waals surface area contributed by atoms with Crippen molar-refractivity contribution in [2.45, 2.75) is 73.1 Å². The number of aryl methyl sites for hydroxylation is 1. The first-order valence-corrected chi connectivity index (χ1v) is 28.6. The summed E-state index contributed by atoms with van der Waals surface area (Å²) in [7, 11) is -21.0. The molecule has 2 bridgehead atoms. The summed E-state index contributed by atoms with van der Waals surface area (Å²) in [5.74, 6) is -0.687. The lowest BCUT2D eigenvalue weighted by Gasteiger charge is -2.32. The summed E-state index contributed by atoms with van der Waals surface area (Å²) in [5, 5.41) is 33.1. The molecule has 0 radical (unpaired) electrons. The summed E-state index contributed by atoms with van der Waals surface area (Å²) in [4.78, 5) is 99.2. The van der Waals surface area contributed by atoms with Gasteiger partial charge < -0.3 is 85.0 Å². The van der Waals surface area contributed by atoms with Gasteiger partial charge in [0.15, 0.2) is 41.4 Å². The van der Waals surface area contributed by atoms with E-state index < -0.39 is 142 Å². The van der Waals surface area contributed by atoms with Crippen LogP contribution in [-0.2, 0) is 80.4 Å². The normalized spacial score (nSPS) is 31.0. The Bertz CT molecular complexity index is 3620. The highest BCUT2D eigenvalue weighted by molar-refractivity contribution is 7.66. The SMILES string of the molecule is COCCO[C@@H]1C(O)[C@H]([n+]2cn(C)c3c(=O)[nH]c(N)nc32)O[C@@H]1COP(=O)([O-])OP(=O)(O)OP(=O)(O)OC[C@@]12COC([C@H](n3cnc4c(N)ncnc43)O1)[C@H]2OP(=O)(O)OC[C@H]1O[C@@H](n2cnc3c(=O)[nH]c(N)nc32)C(O)[C@H]1O. The number of aliphatic hydroxyl groups is 3. The van der Waals surface area contributed by atoms with Gasteiger partial charge in [0.05, 0.1) is 59.3 Å². The fourth-order valence-corrected chi connectivity index (χ4v) is 13.7. The van der Waals surface area contributed by atoms with Crippen LogP contribution in [0, 0.1) is 0 Å². The summed E-state index contributed by atoms with van der Waals surface area (Å²) >= 11 is 0. The minimum atomic E-state index is -6.28. The predicted molar refractivity (Wildman–Crippen MR) is 250 cm³/mol. The molecule has 4 aliphatic heterocycles. The van der Waals surface area contributed by atoms with E-state index in [4.69, 9.17) is 63.7 Å². The number of imidazole rings is 3. The molecule has 44 heteroatoms. The lowest BCUT2D eigenvalue weighted by Crippen LogP contribution is -2.46. The van der Waals surface area contributed by atoms with Crippen molar-refractivity contribution in [1.82, 2.24) is 53.6 Å². The second-order valence-corrected chi connectivity index (χ2v) is 23.8. The van der Waals surface area contributed by atoms with Crippen molar-refractivity contribution in [3.63, 3.8) is 0 Å². The van der Waals surface area contributed by atoms with Crippen LogP contribution in [0.1, 0.15) is 18.7 Å². The predicted octanol–water partition coefficient (Wildman–Crippen LogP) is -4.92. The van der Waals surface area contributed by atoms with Crippen molar-refractivity contribution in [3.8, 4) is 0 Å². The van der Waals surface area contributed by atoms with E-state index in [2.05, 4.69) is 48.5 Å². The molecule has 7 unspecified atom stereocenters. The molecule has 14 N–H and O–H groups in total.